The Kier molecular flexibility index (Phi) is 4.37. The number of fused-ring (bicyclic) bond motifs is 5. The van der Waals surface area contributed by atoms with Crippen LogP contribution in [0.3, 0.4) is 0 Å². The van der Waals surface area contributed by atoms with Gasteiger partial charge in [-0.2, -0.15) is 0 Å². The van der Waals surface area contributed by atoms with Gasteiger partial charge in [0.15, 0.2) is 11.4 Å². The third-order valence-electron chi connectivity index (χ3n) is 6.69. The van der Waals surface area contributed by atoms with Crippen molar-refractivity contribution in [1.82, 2.24) is 14.8 Å². The van der Waals surface area contributed by atoms with Crippen LogP contribution in [0.1, 0.15) is 45.3 Å². The molecule has 3 aliphatic rings. The molecule has 7 nitrogen and oxygen atoms in total. The number of benzene rings is 1. The summed E-state index contributed by atoms with van der Waals surface area (Å²) in [5.41, 5.74) is -1.52. The quantitative estimate of drug-likeness (QED) is 0.704. The van der Waals surface area contributed by atoms with Crippen molar-refractivity contribution < 1.29 is 23.5 Å². The Morgan fingerprint density at radius 1 is 1.29 bits per heavy atom. The second-order valence-corrected chi connectivity index (χ2v) is 8.74. The zero-order chi connectivity index (χ0) is 22.2. The highest BCUT2D eigenvalue weighted by Crippen LogP contribution is 2.59. The van der Waals surface area contributed by atoms with Crippen LogP contribution in [0.15, 0.2) is 23.1 Å². The number of aromatic hydroxyl groups is 1. The molecule has 2 N–H and O–H groups in total. The Hall–Kier alpha value is -2.94. The lowest BCUT2D eigenvalue weighted by atomic mass is 9.99. The van der Waals surface area contributed by atoms with Crippen molar-refractivity contribution >= 4 is 23.4 Å². The number of pyridine rings is 1. The molecule has 0 radical (unpaired) electrons. The summed E-state index contributed by atoms with van der Waals surface area (Å²) >= 11 is 5.55. The molecule has 162 valence electrons. The number of hydrogen-bond acceptors (Lipinski definition) is 4. The minimum absolute atomic E-state index is 0.0433. The van der Waals surface area contributed by atoms with Crippen LogP contribution in [0.4, 0.5) is 8.78 Å². The molecule has 1 aromatic heterocycles. The first kappa shape index (κ1) is 20.0. The minimum Gasteiger partial charge on any atom is -0.503 e. The highest BCUT2D eigenvalue weighted by molar-refractivity contribution is 6.30. The minimum atomic E-state index is -1.01. The van der Waals surface area contributed by atoms with Crippen molar-refractivity contribution in [3.63, 3.8) is 0 Å². The summed E-state index contributed by atoms with van der Waals surface area (Å²) in [4.78, 5) is 39.7. The van der Waals surface area contributed by atoms with Crippen LogP contribution in [-0.2, 0) is 6.54 Å². The van der Waals surface area contributed by atoms with E-state index in [1.54, 1.807) is 16.5 Å². The number of aromatic nitrogens is 1. The predicted molar refractivity (Wildman–Crippen MR) is 106 cm³/mol. The number of rotatable bonds is 3. The van der Waals surface area contributed by atoms with E-state index in [-0.39, 0.29) is 35.4 Å². The van der Waals surface area contributed by atoms with E-state index >= 15 is 0 Å². The molecule has 2 heterocycles. The molecular weight excluding hydrogens is 432 g/mol. The van der Waals surface area contributed by atoms with Gasteiger partial charge in [0.2, 0.25) is 5.43 Å². The number of nitrogens with zero attached hydrogens (tertiary/aromatic N) is 2. The number of amides is 2. The van der Waals surface area contributed by atoms with Crippen LogP contribution < -0.4 is 10.7 Å². The van der Waals surface area contributed by atoms with Crippen LogP contribution in [0.5, 0.6) is 5.75 Å². The Labute approximate surface area is 180 Å². The van der Waals surface area contributed by atoms with Crippen molar-refractivity contribution in [2.75, 3.05) is 7.05 Å². The Balaban J connectivity index is 1.48. The molecule has 2 saturated carbocycles. The van der Waals surface area contributed by atoms with Crippen LogP contribution in [0.25, 0.3) is 0 Å². The van der Waals surface area contributed by atoms with Crippen molar-refractivity contribution in [2.45, 2.75) is 31.5 Å². The van der Waals surface area contributed by atoms with E-state index in [0.29, 0.717) is 11.8 Å². The van der Waals surface area contributed by atoms with Gasteiger partial charge in [0.25, 0.3) is 11.8 Å². The highest BCUT2D eigenvalue weighted by Gasteiger charge is 2.58. The molecule has 0 saturated heterocycles. The molecule has 0 bridgehead atoms. The predicted octanol–water partition coefficient (Wildman–Crippen LogP) is 2.45. The first-order valence-electron chi connectivity index (χ1n) is 9.86. The van der Waals surface area contributed by atoms with Crippen molar-refractivity contribution in [1.29, 1.82) is 0 Å². The number of carbonyl (C=O) groups is 2. The summed E-state index contributed by atoms with van der Waals surface area (Å²) in [5, 5.41) is 12.2. The average Bonchev–Trinajstić information content (AvgIpc) is 3.41. The van der Waals surface area contributed by atoms with Gasteiger partial charge in [0, 0.05) is 25.4 Å². The fraction of sp³-hybridized carbons (Fsp3) is 0.381. The van der Waals surface area contributed by atoms with Gasteiger partial charge in [0.05, 0.1) is 12.1 Å². The summed E-state index contributed by atoms with van der Waals surface area (Å²) in [7, 11) is 1.66. The summed E-state index contributed by atoms with van der Waals surface area (Å²) in [6.45, 7) is -0.343. The monoisotopic (exact) mass is 449 g/mol. The zero-order valence-electron chi connectivity index (χ0n) is 16.4. The third kappa shape index (κ3) is 2.86. The molecule has 5 rings (SSSR count). The van der Waals surface area contributed by atoms with E-state index in [4.69, 9.17) is 11.6 Å². The Morgan fingerprint density at radius 3 is 2.77 bits per heavy atom. The van der Waals surface area contributed by atoms with Crippen molar-refractivity contribution in [3.8, 4) is 5.75 Å². The Bertz CT molecular complexity index is 1210. The molecule has 4 atom stereocenters. The van der Waals surface area contributed by atoms with Gasteiger partial charge in [-0.05, 0) is 30.7 Å². The zero-order valence-corrected chi connectivity index (χ0v) is 17.1. The molecular formula is C21H18ClF2N3O4. The lowest BCUT2D eigenvalue weighted by Gasteiger charge is -2.39. The molecule has 2 unspecified atom stereocenters. The lowest BCUT2D eigenvalue weighted by Crippen LogP contribution is -2.49. The molecule has 2 aromatic rings. The van der Waals surface area contributed by atoms with E-state index in [1.807, 2.05) is 0 Å². The molecule has 10 heteroatoms. The highest BCUT2D eigenvalue weighted by atomic mass is 35.5. The number of likely N-dealkylation sites (N-methyl/N-ethyl adjacent to an activating group) is 1. The van der Waals surface area contributed by atoms with Crippen LogP contribution in [-0.4, -0.2) is 39.5 Å². The summed E-state index contributed by atoms with van der Waals surface area (Å²) in [6, 6.07) is 1.93. The molecule has 2 amide bonds. The van der Waals surface area contributed by atoms with Gasteiger partial charge in [-0.3, -0.25) is 14.4 Å². The van der Waals surface area contributed by atoms with Gasteiger partial charge in [0.1, 0.15) is 22.2 Å². The van der Waals surface area contributed by atoms with E-state index in [9.17, 15) is 28.3 Å². The standard InChI is InChI=1S/C21H18ClF2N3O4/c1-26-16-10-4-9(10)5-13(16)27-7-11(18(28)19(29)17(27)21(26)31)20(30)25-6-8-2-3-12(23)14(22)15(8)24/h2-3,7,9-10,13,16,29H,4-6H2,1H3,(H,25,30)/t9?,10-,13?,16+/m0/s1. The largest absolute Gasteiger partial charge is 0.503 e. The Morgan fingerprint density at radius 2 is 2.03 bits per heavy atom. The summed E-state index contributed by atoms with van der Waals surface area (Å²) in [5.74, 6) is -3.14. The van der Waals surface area contributed by atoms with Gasteiger partial charge in [-0.15, -0.1) is 0 Å². The maximum Gasteiger partial charge on any atom is 0.274 e. The summed E-state index contributed by atoms with van der Waals surface area (Å²) < 4.78 is 28.9. The topological polar surface area (TPSA) is 91.6 Å². The van der Waals surface area contributed by atoms with Crippen molar-refractivity contribution in [3.05, 3.63) is 62.0 Å². The number of hydrogen-bond donors (Lipinski definition) is 2. The van der Waals surface area contributed by atoms with Crippen molar-refractivity contribution in [2.24, 2.45) is 11.8 Å². The smallest absolute Gasteiger partial charge is 0.274 e. The van der Waals surface area contributed by atoms with Gasteiger partial charge in [-0.1, -0.05) is 17.7 Å². The molecule has 1 aliphatic heterocycles. The SMILES string of the molecule is CN1C(=O)c2c(O)c(=O)c(C(=O)NCc3ccc(F)c(Cl)c3F)cn2C2CC3C[C@@H]3[C@H]21. The van der Waals surface area contributed by atoms with E-state index in [2.05, 4.69) is 5.32 Å². The normalized spacial score (nSPS) is 25.7. The third-order valence-corrected chi connectivity index (χ3v) is 7.04. The number of nitrogens with one attached hydrogen (secondary N) is 1. The number of carbonyl (C=O) groups excluding carboxylic acids is 2. The molecule has 2 aliphatic carbocycles. The molecule has 31 heavy (non-hydrogen) atoms. The van der Waals surface area contributed by atoms with Crippen LogP contribution >= 0.6 is 11.6 Å². The van der Waals surface area contributed by atoms with Gasteiger partial charge < -0.3 is 19.9 Å². The molecule has 2 fully saturated rings. The second kappa shape index (κ2) is 6.78. The molecule has 1 aromatic carbocycles. The first-order valence-corrected chi connectivity index (χ1v) is 10.2. The lowest BCUT2D eigenvalue weighted by molar-refractivity contribution is 0.0581. The molecule has 0 spiro atoms. The fourth-order valence-corrected chi connectivity index (χ4v) is 5.23. The van der Waals surface area contributed by atoms with Gasteiger partial charge in [-0.25, -0.2) is 8.78 Å². The van der Waals surface area contributed by atoms with Crippen LogP contribution in [0.2, 0.25) is 5.02 Å². The second-order valence-electron chi connectivity index (χ2n) is 8.36. The first-order chi connectivity index (χ1) is 14.7. The van der Waals surface area contributed by atoms with E-state index in [0.717, 1.165) is 25.0 Å². The number of halogens is 3. The van der Waals surface area contributed by atoms with E-state index < -0.39 is 39.6 Å². The average molecular weight is 450 g/mol. The summed E-state index contributed by atoms with van der Waals surface area (Å²) in [6.07, 6.45) is 3.14. The maximum absolute atomic E-state index is 14.1. The van der Waals surface area contributed by atoms with E-state index in [1.165, 1.54) is 6.20 Å². The maximum atomic E-state index is 14.1. The fourth-order valence-electron chi connectivity index (χ4n) is 5.05. The van der Waals surface area contributed by atoms with Gasteiger partial charge >= 0.3 is 0 Å². The van der Waals surface area contributed by atoms with Crippen LogP contribution in [0, 0.1) is 23.5 Å².